The lowest BCUT2D eigenvalue weighted by Gasteiger charge is -2.09. The van der Waals surface area contributed by atoms with Crippen LogP contribution in [0.15, 0.2) is 30.5 Å². The van der Waals surface area contributed by atoms with Crippen molar-refractivity contribution in [3.8, 4) is 0 Å². The third-order valence-electron chi connectivity index (χ3n) is 3.26. The standard InChI is InChI=1S/C16H18N2O3S/c1-9(2)15-17-8-13(22-15)14(19)18-12-6-4-5-11(7-12)10(3)16(20)21/h4-10H,1-3H3,(H,18,19)(H,20,21). The summed E-state index contributed by atoms with van der Waals surface area (Å²) < 4.78 is 0. The van der Waals surface area contributed by atoms with Crippen LogP contribution in [-0.4, -0.2) is 22.0 Å². The second-order valence-corrected chi connectivity index (χ2v) is 6.42. The number of thiazole rings is 1. The molecule has 5 nitrogen and oxygen atoms in total. The summed E-state index contributed by atoms with van der Waals surface area (Å²) in [5, 5.41) is 12.7. The molecule has 1 aromatic carbocycles. The summed E-state index contributed by atoms with van der Waals surface area (Å²) in [6, 6.07) is 6.88. The zero-order valence-corrected chi connectivity index (χ0v) is 13.5. The molecular weight excluding hydrogens is 300 g/mol. The van der Waals surface area contributed by atoms with Gasteiger partial charge in [-0.15, -0.1) is 11.3 Å². The van der Waals surface area contributed by atoms with E-state index < -0.39 is 11.9 Å². The number of aromatic nitrogens is 1. The Morgan fingerprint density at radius 2 is 2.00 bits per heavy atom. The molecule has 1 amide bonds. The fourth-order valence-electron chi connectivity index (χ4n) is 1.88. The highest BCUT2D eigenvalue weighted by atomic mass is 32.1. The summed E-state index contributed by atoms with van der Waals surface area (Å²) in [7, 11) is 0. The Morgan fingerprint density at radius 3 is 2.59 bits per heavy atom. The molecule has 2 aromatic rings. The van der Waals surface area contributed by atoms with Crippen molar-refractivity contribution in [2.24, 2.45) is 0 Å². The number of nitrogens with one attached hydrogen (secondary N) is 1. The van der Waals surface area contributed by atoms with Crippen LogP contribution in [-0.2, 0) is 4.79 Å². The molecule has 0 bridgehead atoms. The fourth-order valence-corrected chi connectivity index (χ4v) is 2.70. The third kappa shape index (κ3) is 3.71. The Kier molecular flexibility index (Phi) is 4.92. The summed E-state index contributed by atoms with van der Waals surface area (Å²) >= 11 is 1.37. The maximum atomic E-state index is 12.2. The van der Waals surface area contributed by atoms with Crippen LogP contribution < -0.4 is 5.32 Å². The summed E-state index contributed by atoms with van der Waals surface area (Å²) in [6.07, 6.45) is 1.57. The van der Waals surface area contributed by atoms with E-state index in [1.54, 1.807) is 37.4 Å². The smallest absolute Gasteiger partial charge is 0.310 e. The Labute approximate surface area is 133 Å². The van der Waals surface area contributed by atoms with E-state index in [1.165, 1.54) is 11.3 Å². The molecule has 0 saturated heterocycles. The van der Waals surface area contributed by atoms with Crippen LogP contribution in [0.4, 0.5) is 5.69 Å². The van der Waals surface area contributed by atoms with E-state index >= 15 is 0 Å². The van der Waals surface area contributed by atoms with Crippen molar-refractivity contribution < 1.29 is 14.7 Å². The number of aliphatic carboxylic acids is 1. The largest absolute Gasteiger partial charge is 0.481 e. The molecule has 0 aliphatic carbocycles. The maximum absolute atomic E-state index is 12.2. The number of hydrogen-bond acceptors (Lipinski definition) is 4. The number of benzene rings is 1. The van der Waals surface area contributed by atoms with E-state index in [1.807, 2.05) is 13.8 Å². The van der Waals surface area contributed by atoms with Gasteiger partial charge in [-0.25, -0.2) is 4.98 Å². The lowest BCUT2D eigenvalue weighted by atomic mass is 10.0. The molecule has 0 saturated carbocycles. The normalized spacial score (nSPS) is 12.2. The summed E-state index contributed by atoms with van der Waals surface area (Å²) in [5.74, 6) is -1.46. The highest BCUT2D eigenvalue weighted by molar-refractivity contribution is 7.13. The molecule has 2 rings (SSSR count). The molecule has 0 radical (unpaired) electrons. The first-order valence-corrected chi connectivity index (χ1v) is 7.80. The average molecular weight is 318 g/mol. The minimum atomic E-state index is -0.896. The number of hydrogen-bond donors (Lipinski definition) is 2. The summed E-state index contributed by atoms with van der Waals surface area (Å²) in [6.45, 7) is 5.66. The Hall–Kier alpha value is -2.21. The van der Waals surface area contributed by atoms with Gasteiger partial charge in [0.05, 0.1) is 17.1 Å². The van der Waals surface area contributed by atoms with Crippen LogP contribution in [0, 0.1) is 0 Å². The lowest BCUT2D eigenvalue weighted by Crippen LogP contribution is -2.12. The summed E-state index contributed by atoms with van der Waals surface area (Å²) in [4.78, 5) is 28.0. The summed E-state index contributed by atoms with van der Waals surface area (Å²) in [5.41, 5.74) is 1.23. The zero-order chi connectivity index (χ0) is 16.3. The van der Waals surface area contributed by atoms with Crippen molar-refractivity contribution in [3.63, 3.8) is 0 Å². The Bertz CT molecular complexity index is 694. The van der Waals surface area contributed by atoms with Crippen LogP contribution in [0.2, 0.25) is 0 Å². The van der Waals surface area contributed by atoms with Gasteiger partial charge >= 0.3 is 5.97 Å². The average Bonchev–Trinajstić information content (AvgIpc) is 2.96. The van der Waals surface area contributed by atoms with Crippen molar-refractivity contribution in [1.82, 2.24) is 4.98 Å². The SMILES string of the molecule is CC(C)c1ncc(C(=O)Nc2cccc(C(C)C(=O)O)c2)s1. The predicted octanol–water partition coefficient (Wildman–Crippen LogP) is 3.71. The molecule has 6 heteroatoms. The number of anilines is 1. The first-order valence-electron chi connectivity index (χ1n) is 6.98. The number of carbonyl (C=O) groups is 2. The predicted molar refractivity (Wildman–Crippen MR) is 86.6 cm³/mol. The van der Waals surface area contributed by atoms with Gasteiger partial charge in [-0.1, -0.05) is 26.0 Å². The van der Waals surface area contributed by atoms with Gasteiger partial charge in [0.25, 0.3) is 5.91 Å². The zero-order valence-electron chi connectivity index (χ0n) is 12.7. The van der Waals surface area contributed by atoms with Gasteiger partial charge in [-0.05, 0) is 24.6 Å². The minimum Gasteiger partial charge on any atom is -0.481 e. The van der Waals surface area contributed by atoms with Crippen LogP contribution >= 0.6 is 11.3 Å². The highest BCUT2D eigenvalue weighted by Crippen LogP contribution is 2.23. The number of carboxylic acids is 1. The van der Waals surface area contributed by atoms with Gasteiger partial charge in [-0.2, -0.15) is 0 Å². The van der Waals surface area contributed by atoms with E-state index in [2.05, 4.69) is 10.3 Å². The van der Waals surface area contributed by atoms with Crippen LogP contribution in [0.1, 0.15) is 52.8 Å². The number of rotatable bonds is 5. The van der Waals surface area contributed by atoms with Crippen molar-refractivity contribution in [2.75, 3.05) is 5.32 Å². The molecule has 2 N–H and O–H groups in total. The molecule has 0 fully saturated rings. The first kappa shape index (κ1) is 16.2. The maximum Gasteiger partial charge on any atom is 0.310 e. The van der Waals surface area contributed by atoms with E-state index in [-0.39, 0.29) is 11.8 Å². The number of amides is 1. The lowest BCUT2D eigenvalue weighted by molar-refractivity contribution is -0.138. The van der Waals surface area contributed by atoms with Gasteiger partial charge in [0.1, 0.15) is 4.88 Å². The van der Waals surface area contributed by atoms with Crippen LogP contribution in [0.25, 0.3) is 0 Å². The van der Waals surface area contributed by atoms with Crippen molar-refractivity contribution in [3.05, 3.63) is 45.9 Å². The quantitative estimate of drug-likeness (QED) is 0.881. The van der Waals surface area contributed by atoms with E-state index in [9.17, 15) is 9.59 Å². The highest BCUT2D eigenvalue weighted by Gasteiger charge is 2.16. The molecule has 1 aromatic heterocycles. The molecule has 0 spiro atoms. The minimum absolute atomic E-state index is 0.232. The molecular formula is C16H18N2O3S. The second-order valence-electron chi connectivity index (χ2n) is 5.36. The van der Waals surface area contributed by atoms with Gasteiger partial charge in [0, 0.05) is 11.6 Å². The molecule has 1 heterocycles. The van der Waals surface area contributed by atoms with Crippen molar-refractivity contribution in [2.45, 2.75) is 32.6 Å². The first-order chi connectivity index (χ1) is 10.4. The van der Waals surface area contributed by atoms with E-state index in [0.29, 0.717) is 16.1 Å². The van der Waals surface area contributed by atoms with Gasteiger partial charge < -0.3 is 10.4 Å². The van der Waals surface area contributed by atoms with Gasteiger partial charge in [0.15, 0.2) is 0 Å². The fraction of sp³-hybridized carbons (Fsp3) is 0.312. The Morgan fingerprint density at radius 1 is 1.27 bits per heavy atom. The molecule has 22 heavy (non-hydrogen) atoms. The van der Waals surface area contributed by atoms with Gasteiger partial charge in [0.2, 0.25) is 0 Å². The van der Waals surface area contributed by atoms with E-state index in [4.69, 9.17) is 5.11 Å². The number of carboxylic acid groups (broad SMARTS) is 1. The Balaban J connectivity index is 2.14. The molecule has 0 aliphatic rings. The van der Waals surface area contributed by atoms with Gasteiger partial charge in [-0.3, -0.25) is 9.59 Å². The molecule has 116 valence electrons. The monoisotopic (exact) mass is 318 g/mol. The van der Waals surface area contributed by atoms with Crippen LogP contribution in [0.5, 0.6) is 0 Å². The molecule has 1 atom stereocenters. The van der Waals surface area contributed by atoms with E-state index in [0.717, 1.165) is 5.01 Å². The topological polar surface area (TPSA) is 79.3 Å². The third-order valence-corrected chi connectivity index (χ3v) is 4.55. The van der Waals surface area contributed by atoms with Crippen molar-refractivity contribution in [1.29, 1.82) is 0 Å². The molecule has 0 aliphatic heterocycles. The number of carbonyl (C=O) groups excluding carboxylic acids is 1. The van der Waals surface area contributed by atoms with Crippen LogP contribution in [0.3, 0.4) is 0 Å². The second kappa shape index (κ2) is 6.70. The van der Waals surface area contributed by atoms with Crippen molar-refractivity contribution >= 4 is 28.9 Å². The molecule has 1 unspecified atom stereocenters. The number of nitrogens with zero attached hydrogens (tertiary/aromatic N) is 1.